The predicted octanol–water partition coefficient (Wildman–Crippen LogP) is 1.92. The summed E-state index contributed by atoms with van der Waals surface area (Å²) in [5, 5.41) is 3.00. The minimum absolute atomic E-state index is 0.177. The van der Waals surface area contributed by atoms with Crippen LogP contribution in [0.4, 0.5) is 0 Å². The van der Waals surface area contributed by atoms with Crippen LogP contribution in [0.2, 0.25) is 0 Å². The number of dihydropyridines is 1. The van der Waals surface area contributed by atoms with Gasteiger partial charge < -0.3 is 19.2 Å². The molecular formula is C18H21NO6. The summed E-state index contributed by atoms with van der Waals surface area (Å²) >= 11 is 0. The van der Waals surface area contributed by atoms with E-state index in [-0.39, 0.29) is 28.9 Å². The summed E-state index contributed by atoms with van der Waals surface area (Å²) in [4.78, 5) is 36.8. The fourth-order valence-corrected chi connectivity index (χ4v) is 2.91. The number of carbonyl (C=O) groups excluding carboxylic acids is 2. The van der Waals surface area contributed by atoms with Crippen LogP contribution >= 0.6 is 0 Å². The second kappa shape index (κ2) is 7.38. The number of hydrogen-bond acceptors (Lipinski definition) is 7. The summed E-state index contributed by atoms with van der Waals surface area (Å²) in [6, 6.07) is 2.60. The number of aryl methyl sites for hydroxylation is 1. The highest BCUT2D eigenvalue weighted by molar-refractivity contribution is 5.99. The lowest BCUT2D eigenvalue weighted by molar-refractivity contribution is -0.139. The average molecular weight is 347 g/mol. The Morgan fingerprint density at radius 1 is 1.12 bits per heavy atom. The average Bonchev–Trinajstić information content (AvgIpc) is 2.52. The summed E-state index contributed by atoms with van der Waals surface area (Å²) in [5.74, 6) is -1.53. The highest BCUT2D eigenvalue weighted by Gasteiger charge is 2.39. The monoisotopic (exact) mass is 347 g/mol. The van der Waals surface area contributed by atoms with Crippen LogP contribution in [0.15, 0.2) is 43.9 Å². The van der Waals surface area contributed by atoms with Crippen molar-refractivity contribution in [2.45, 2.75) is 33.6 Å². The van der Waals surface area contributed by atoms with Gasteiger partial charge in [0.15, 0.2) is 5.43 Å². The van der Waals surface area contributed by atoms with Crippen LogP contribution < -0.4 is 10.7 Å². The number of allylic oxidation sites excluding steroid dienone is 2. The Hall–Kier alpha value is -2.83. The Bertz CT molecular complexity index is 830. The molecular weight excluding hydrogens is 326 g/mol. The van der Waals surface area contributed by atoms with E-state index in [2.05, 4.69) is 5.32 Å². The van der Waals surface area contributed by atoms with Crippen molar-refractivity contribution in [3.8, 4) is 0 Å². The molecule has 0 saturated carbocycles. The van der Waals surface area contributed by atoms with E-state index in [4.69, 9.17) is 13.9 Å². The van der Waals surface area contributed by atoms with Gasteiger partial charge in [-0.1, -0.05) is 0 Å². The minimum atomic E-state index is -0.889. The molecule has 1 unspecified atom stereocenters. The van der Waals surface area contributed by atoms with Crippen molar-refractivity contribution in [2.75, 3.05) is 13.7 Å². The van der Waals surface area contributed by atoms with Crippen LogP contribution in [-0.2, 0) is 19.1 Å². The van der Waals surface area contributed by atoms with Crippen molar-refractivity contribution in [1.29, 1.82) is 0 Å². The fourth-order valence-electron chi connectivity index (χ4n) is 2.91. The largest absolute Gasteiger partial charge is 0.466 e. The maximum absolute atomic E-state index is 12.5. The molecule has 1 aromatic rings. The molecule has 0 aromatic carbocycles. The fraction of sp³-hybridized carbons (Fsp3) is 0.389. The maximum Gasteiger partial charge on any atom is 0.336 e. The van der Waals surface area contributed by atoms with Gasteiger partial charge in [-0.25, -0.2) is 9.59 Å². The second-order valence-corrected chi connectivity index (χ2v) is 5.65. The van der Waals surface area contributed by atoms with Crippen LogP contribution in [0.25, 0.3) is 0 Å². The zero-order chi connectivity index (χ0) is 18.7. The molecule has 1 aromatic heterocycles. The topological polar surface area (TPSA) is 94.8 Å². The van der Waals surface area contributed by atoms with E-state index in [1.54, 1.807) is 27.7 Å². The van der Waals surface area contributed by atoms with Gasteiger partial charge in [0, 0.05) is 23.5 Å². The first kappa shape index (κ1) is 18.5. The van der Waals surface area contributed by atoms with Gasteiger partial charge in [0.2, 0.25) is 0 Å². The van der Waals surface area contributed by atoms with Crippen LogP contribution in [0, 0.1) is 6.92 Å². The first-order valence-corrected chi connectivity index (χ1v) is 7.85. The number of rotatable bonds is 4. The third-order valence-corrected chi connectivity index (χ3v) is 3.85. The summed E-state index contributed by atoms with van der Waals surface area (Å²) in [6.45, 7) is 6.88. The highest BCUT2D eigenvalue weighted by atomic mass is 16.5. The first-order valence-electron chi connectivity index (χ1n) is 7.85. The van der Waals surface area contributed by atoms with Crippen LogP contribution in [0.1, 0.15) is 38.2 Å². The molecule has 2 heterocycles. The van der Waals surface area contributed by atoms with Crippen molar-refractivity contribution in [2.24, 2.45) is 0 Å². The molecule has 0 radical (unpaired) electrons. The lowest BCUT2D eigenvalue weighted by atomic mass is 9.83. The molecule has 0 amide bonds. The molecule has 134 valence electrons. The third kappa shape index (κ3) is 3.65. The van der Waals surface area contributed by atoms with Gasteiger partial charge >= 0.3 is 11.9 Å². The number of nitrogens with one attached hydrogen (secondary N) is 1. The molecule has 0 aliphatic carbocycles. The van der Waals surface area contributed by atoms with Crippen LogP contribution in [0.5, 0.6) is 0 Å². The lowest BCUT2D eigenvalue weighted by Crippen LogP contribution is -2.32. The molecule has 1 aliphatic heterocycles. The summed E-state index contributed by atoms with van der Waals surface area (Å²) in [5.41, 5.74) is 1.18. The van der Waals surface area contributed by atoms with E-state index >= 15 is 0 Å². The normalized spacial score (nSPS) is 17.2. The van der Waals surface area contributed by atoms with E-state index in [1.807, 2.05) is 0 Å². The van der Waals surface area contributed by atoms with Gasteiger partial charge in [-0.3, -0.25) is 4.79 Å². The van der Waals surface area contributed by atoms with Gasteiger partial charge in [0.05, 0.1) is 30.8 Å². The Balaban J connectivity index is 2.73. The number of carbonyl (C=O) groups is 2. The van der Waals surface area contributed by atoms with Gasteiger partial charge in [-0.2, -0.15) is 0 Å². The Kier molecular flexibility index (Phi) is 5.46. The van der Waals surface area contributed by atoms with Gasteiger partial charge in [0.25, 0.3) is 0 Å². The second-order valence-electron chi connectivity index (χ2n) is 5.65. The summed E-state index contributed by atoms with van der Waals surface area (Å²) in [6.07, 6.45) is 0. The third-order valence-electron chi connectivity index (χ3n) is 3.85. The Morgan fingerprint density at radius 2 is 1.72 bits per heavy atom. The maximum atomic E-state index is 12.5. The van der Waals surface area contributed by atoms with Crippen LogP contribution in [0.3, 0.4) is 0 Å². The molecule has 0 fully saturated rings. The molecule has 7 heteroatoms. The number of hydrogen-bond donors (Lipinski definition) is 1. The van der Waals surface area contributed by atoms with Crippen LogP contribution in [-0.4, -0.2) is 25.7 Å². The van der Waals surface area contributed by atoms with E-state index < -0.39 is 17.9 Å². The lowest BCUT2D eigenvalue weighted by Gasteiger charge is -2.29. The molecule has 7 nitrogen and oxygen atoms in total. The standard InChI is InChI=1S/C18H21NO6/c1-6-24-18(22)15-11(4)19-10(3)14(17(21)23-5)16(15)13-8-12(20)7-9(2)25-13/h7-8,16,19H,6H2,1-5H3. The van der Waals surface area contributed by atoms with Crippen molar-refractivity contribution in [1.82, 2.24) is 5.32 Å². The van der Waals surface area contributed by atoms with E-state index in [0.717, 1.165) is 0 Å². The number of esters is 2. The summed E-state index contributed by atoms with van der Waals surface area (Å²) in [7, 11) is 1.25. The van der Waals surface area contributed by atoms with Crippen molar-refractivity contribution < 1.29 is 23.5 Å². The molecule has 1 N–H and O–H groups in total. The Morgan fingerprint density at radius 3 is 2.24 bits per heavy atom. The molecule has 25 heavy (non-hydrogen) atoms. The SMILES string of the molecule is CCOC(=O)C1=C(C)NC(C)=C(C(=O)OC)C1c1cc(=O)cc(C)o1. The molecule has 0 bridgehead atoms. The molecule has 0 spiro atoms. The zero-order valence-corrected chi connectivity index (χ0v) is 14.9. The zero-order valence-electron chi connectivity index (χ0n) is 14.9. The Labute approximate surface area is 145 Å². The van der Waals surface area contributed by atoms with Gasteiger partial charge in [0.1, 0.15) is 11.5 Å². The molecule has 1 aliphatic rings. The quantitative estimate of drug-likeness (QED) is 0.831. The first-order chi connectivity index (χ1) is 11.8. The van der Waals surface area contributed by atoms with Crippen molar-refractivity contribution in [3.63, 3.8) is 0 Å². The van der Waals surface area contributed by atoms with E-state index in [9.17, 15) is 14.4 Å². The van der Waals surface area contributed by atoms with Gasteiger partial charge in [-0.15, -0.1) is 0 Å². The van der Waals surface area contributed by atoms with E-state index in [0.29, 0.717) is 17.2 Å². The number of methoxy groups -OCH3 is 1. The molecule has 0 saturated heterocycles. The van der Waals surface area contributed by atoms with Crippen molar-refractivity contribution in [3.05, 3.63) is 56.4 Å². The predicted molar refractivity (Wildman–Crippen MR) is 89.6 cm³/mol. The highest BCUT2D eigenvalue weighted by Crippen LogP contribution is 2.38. The minimum Gasteiger partial charge on any atom is -0.466 e. The smallest absolute Gasteiger partial charge is 0.336 e. The van der Waals surface area contributed by atoms with E-state index in [1.165, 1.54) is 19.2 Å². The number of ether oxygens (including phenoxy) is 2. The summed E-state index contributed by atoms with van der Waals surface area (Å²) < 4.78 is 15.7. The van der Waals surface area contributed by atoms with Gasteiger partial charge in [-0.05, 0) is 27.7 Å². The van der Waals surface area contributed by atoms with Crippen molar-refractivity contribution >= 4 is 11.9 Å². The molecule has 2 rings (SSSR count). The molecule has 1 atom stereocenters.